The van der Waals surface area contributed by atoms with E-state index < -0.39 is 0 Å². The van der Waals surface area contributed by atoms with Gasteiger partial charge in [-0.15, -0.1) is 0 Å². The number of likely N-dealkylation sites (N-methyl/N-ethyl adjacent to an activating group) is 1. The Morgan fingerprint density at radius 1 is 1.31 bits per heavy atom. The minimum atomic E-state index is -0.149. The first-order valence-electron chi connectivity index (χ1n) is 11.2. The van der Waals surface area contributed by atoms with Crippen LogP contribution in [-0.2, 0) is 11.3 Å². The molecular weight excluding hydrogens is 408 g/mol. The molecule has 2 aromatic heterocycles. The predicted molar refractivity (Wildman–Crippen MR) is 125 cm³/mol. The summed E-state index contributed by atoms with van der Waals surface area (Å²) in [6.07, 6.45) is 4.93. The molecule has 172 valence electrons. The number of aromatic nitrogens is 3. The highest BCUT2D eigenvalue weighted by molar-refractivity contribution is 6.03. The lowest BCUT2D eigenvalue weighted by molar-refractivity contribution is -0.115. The maximum atomic E-state index is 12.3. The zero-order valence-corrected chi connectivity index (χ0v) is 19.0. The lowest BCUT2D eigenvalue weighted by Crippen LogP contribution is -2.39. The Labute approximate surface area is 188 Å². The minimum absolute atomic E-state index is 0.149. The molecule has 1 fully saturated rings. The number of ether oxygens (including phenoxy) is 1. The lowest BCUT2D eigenvalue weighted by atomic mass is 10.2. The molecule has 10 nitrogen and oxygen atoms in total. The maximum absolute atomic E-state index is 12.3. The van der Waals surface area contributed by atoms with Crippen LogP contribution in [-0.4, -0.2) is 72.1 Å². The van der Waals surface area contributed by atoms with Gasteiger partial charge in [0.2, 0.25) is 5.91 Å². The second kappa shape index (κ2) is 9.56. The van der Waals surface area contributed by atoms with Crippen molar-refractivity contribution < 1.29 is 9.53 Å². The highest BCUT2D eigenvalue weighted by Gasteiger charge is 2.28. The summed E-state index contributed by atoms with van der Waals surface area (Å²) in [5.74, 6) is 1.61. The van der Waals surface area contributed by atoms with E-state index >= 15 is 0 Å². The largest absolute Gasteiger partial charge is 0.463 e. The van der Waals surface area contributed by atoms with Crippen LogP contribution in [0.5, 0.6) is 6.01 Å². The fourth-order valence-electron chi connectivity index (χ4n) is 4.01. The van der Waals surface area contributed by atoms with Crippen molar-refractivity contribution in [2.24, 2.45) is 0 Å². The molecule has 1 saturated heterocycles. The Kier molecular flexibility index (Phi) is 6.59. The van der Waals surface area contributed by atoms with Gasteiger partial charge in [0.15, 0.2) is 11.6 Å². The van der Waals surface area contributed by atoms with Crippen LogP contribution in [0.4, 0.5) is 23.1 Å². The summed E-state index contributed by atoms with van der Waals surface area (Å²) in [6.45, 7) is 5.26. The van der Waals surface area contributed by atoms with Gasteiger partial charge in [0.1, 0.15) is 11.5 Å². The van der Waals surface area contributed by atoms with E-state index in [0.717, 1.165) is 43.7 Å². The SMILES string of the molecule is CCCCOc1nc(N)c2c(n1)N(Cc1ccc(N3CC[C@@H](N(C)C)C3)nc1)CC(=O)N2. The maximum Gasteiger partial charge on any atom is 0.320 e. The van der Waals surface area contributed by atoms with Crippen molar-refractivity contribution in [2.75, 3.05) is 61.2 Å². The molecule has 0 aromatic carbocycles. The van der Waals surface area contributed by atoms with Gasteiger partial charge in [-0.1, -0.05) is 19.4 Å². The third-order valence-corrected chi connectivity index (χ3v) is 5.93. The molecule has 0 spiro atoms. The number of rotatable bonds is 8. The van der Waals surface area contributed by atoms with Crippen LogP contribution in [0.3, 0.4) is 0 Å². The first-order valence-corrected chi connectivity index (χ1v) is 11.2. The number of nitrogens with zero attached hydrogens (tertiary/aromatic N) is 6. The van der Waals surface area contributed by atoms with Gasteiger partial charge in [-0.3, -0.25) is 4.79 Å². The summed E-state index contributed by atoms with van der Waals surface area (Å²) >= 11 is 0. The third kappa shape index (κ3) is 4.85. The first kappa shape index (κ1) is 22.1. The average molecular weight is 441 g/mol. The molecule has 4 rings (SSSR count). The smallest absolute Gasteiger partial charge is 0.320 e. The number of hydrogen-bond donors (Lipinski definition) is 2. The van der Waals surface area contributed by atoms with Crippen molar-refractivity contribution in [3.05, 3.63) is 23.9 Å². The molecule has 0 bridgehead atoms. The van der Waals surface area contributed by atoms with Gasteiger partial charge in [-0.05, 0) is 38.6 Å². The molecule has 1 amide bonds. The number of nitrogens with two attached hydrogens (primary N) is 1. The number of anilines is 4. The van der Waals surface area contributed by atoms with Crippen LogP contribution >= 0.6 is 0 Å². The minimum Gasteiger partial charge on any atom is -0.463 e. The standard InChI is InChI=1S/C22H32N8O2/c1-4-5-10-32-22-26-20(23)19-21(27-22)30(14-18(31)25-19)12-15-6-7-17(24-11-15)29-9-8-16(13-29)28(2)3/h6-7,11,16H,4-5,8-10,12-14H2,1-3H3,(H,25,31)(H2,23,26,27)/t16-/m1/s1. The molecule has 4 heterocycles. The molecule has 2 aliphatic rings. The van der Waals surface area contributed by atoms with E-state index in [4.69, 9.17) is 10.5 Å². The van der Waals surface area contributed by atoms with Crippen molar-refractivity contribution in [1.82, 2.24) is 19.9 Å². The fourth-order valence-corrected chi connectivity index (χ4v) is 4.01. The third-order valence-electron chi connectivity index (χ3n) is 5.93. The number of nitrogen functional groups attached to an aromatic ring is 1. The number of carbonyl (C=O) groups excluding carboxylic acids is 1. The number of carbonyl (C=O) groups is 1. The summed E-state index contributed by atoms with van der Waals surface area (Å²) in [7, 11) is 4.24. The Morgan fingerprint density at radius 2 is 2.16 bits per heavy atom. The van der Waals surface area contributed by atoms with Gasteiger partial charge in [-0.2, -0.15) is 9.97 Å². The zero-order chi connectivity index (χ0) is 22.7. The number of pyridine rings is 1. The highest BCUT2D eigenvalue weighted by atomic mass is 16.5. The van der Waals surface area contributed by atoms with Crippen LogP contribution in [0, 0.1) is 0 Å². The summed E-state index contributed by atoms with van der Waals surface area (Å²) in [5, 5.41) is 2.79. The van der Waals surface area contributed by atoms with Crippen LogP contribution in [0.2, 0.25) is 0 Å². The highest BCUT2D eigenvalue weighted by Crippen LogP contribution is 2.34. The van der Waals surface area contributed by atoms with Crippen molar-refractivity contribution in [1.29, 1.82) is 0 Å². The van der Waals surface area contributed by atoms with E-state index in [2.05, 4.69) is 57.2 Å². The van der Waals surface area contributed by atoms with Gasteiger partial charge in [0.25, 0.3) is 0 Å². The van der Waals surface area contributed by atoms with E-state index in [1.54, 1.807) is 0 Å². The van der Waals surface area contributed by atoms with E-state index in [-0.39, 0.29) is 24.3 Å². The number of nitrogens with one attached hydrogen (secondary N) is 1. The summed E-state index contributed by atoms with van der Waals surface area (Å²) in [6, 6.07) is 4.89. The second-order valence-electron chi connectivity index (χ2n) is 8.57. The number of amides is 1. The Morgan fingerprint density at radius 3 is 2.84 bits per heavy atom. The van der Waals surface area contributed by atoms with E-state index in [9.17, 15) is 4.79 Å². The molecule has 2 aromatic rings. The van der Waals surface area contributed by atoms with Crippen molar-refractivity contribution in [2.45, 2.75) is 38.8 Å². The molecule has 3 N–H and O–H groups in total. The van der Waals surface area contributed by atoms with Crippen LogP contribution in [0.1, 0.15) is 31.7 Å². The molecular formula is C22H32N8O2. The molecule has 2 aliphatic heterocycles. The zero-order valence-electron chi connectivity index (χ0n) is 19.0. The van der Waals surface area contributed by atoms with Crippen LogP contribution < -0.4 is 25.6 Å². The molecule has 10 heteroatoms. The number of hydrogen-bond acceptors (Lipinski definition) is 9. The monoisotopic (exact) mass is 440 g/mol. The molecule has 32 heavy (non-hydrogen) atoms. The summed E-state index contributed by atoms with van der Waals surface area (Å²) < 4.78 is 5.65. The molecule has 1 atom stereocenters. The van der Waals surface area contributed by atoms with Crippen molar-refractivity contribution >= 4 is 29.0 Å². The molecule has 0 saturated carbocycles. The van der Waals surface area contributed by atoms with Gasteiger partial charge in [-0.25, -0.2) is 4.98 Å². The van der Waals surface area contributed by atoms with Gasteiger partial charge >= 0.3 is 6.01 Å². The van der Waals surface area contributed by atoms with Crippen molar-refractivity contribution in [3.8, 4) is 6.01 Å². The summed E-state index contributed by atoms with van der Waals surface area (Å²) in [5.41, 5.74) is 7.51. The van der Waals surface area contributed by atoms with Gasteiger partial charge in [0, 0.05) is 31.9 Å². The van der Waals surface area contributed by atoms with E-state index in [1.807, 2.05) is 17.2 Å². The average Bonchev–Trinajstić information content (AvgIpc) is 3.26. The normalized spacial score (nSPS) is 18.1. The second-order valence-corrected chi connectivity index (χ2v) is 8.57. The van der Waals surface area contributed by atoms with E-state index in [0.29, 0.717) is 30.7 Å². The van der Waals surface area contributed by atoms with E-state index in [1.165, 1.54) is 0 Å². The molecule has 0 unspecified atom stereocenters. The summed E-state index contributed by atoms with van der Waals surface area (Å²) in [4.78, 5) is 32.1. The Hall–Kier alpha value is -3.14. The number of unbranched alkanes of at least 4 members (excludes halogenated alkanes) is 1. The fraction of sp³-hybridized carbons (Fsp3) is 0.545. The quantitative estimate of drug-likeness (QED) is 0.593. The van der Waals surface area contributed by atoms with Gasteiger partial charge < -0.3 is 30.5 Å². The van der Waals surface area contributed by atoms with Crippen molar-refractivity contribution in [3.63, 3.8) is 0 Å². The van der Waals surface area contributed by atoms with Crippen LogP contribution in [0.25, 0.3) is 0 Å². The predicted octanol–water partition coefficient (Wildman–Crippen LogP) is 1.73. The molecule has 0 radical (unpaired) electrons. The first-order chi connectivity index (χ1) is 15.4. The van der Waals surface area contributed by atoms with Crippen LogP contribution in [0.15, 0.2) is 18.3 Å². The number of fused-ring (bicyclic) bond motifs is 1. The Bertz CT molecular complexity index is 950. The molecule has 0 aliphatic carbocycles. The Balaban J connectivity index is 1.49. The van der Waals surface area contributed by atoms with Gasteiger partial charge in [0.05, 0.1) is 13.2 Å². The lowest BCUT2D eigenvalue weighted by Gasteiger charge is -2.30. The topological polar surface area (TPSA) is 113 Å².